The van der Waals surface area contributed by atoms with Gasteiger partial charge in [0.25, 0.3) is 0 Å². The molecule has 1 atom stereocenters. The van der Waals surface area contributed by atoms with Crippen molar-refractivity contribution >= 4 is 11.8 Å². The van der Waals surface area contributed by atoms with Crippen LogP contribution < -0.4 is 0 Å². The summed E-state index contributed by atoms with van der Waals surface area (Å²) in [5.74, 6) is 0. The van der Waals surface area contributed by atoms with Gasteiger partial charge in [0, 0.05) is 5.25 Å². The minimum Gasteiger partial charge on any atom is -0.357 e. The highest BCUT2D eigenvalue weighted by Gasteiger charge is 2.67. The van der Waals surface area contributed by atoms with Crippen molar-refractivity contribution in [2.24, 2.45) is 0 Å². The van der Waals surface area contributed by atoms with Gasteiger partial charge in [-0.25, -0.2) is 0 Å². The Morgan fingerprint density at radius 1 is 1.05 bits per heavy atom. The Hall–Kier alpha value is -0.820. The van der Waals surface area contributed by atoms with Gasteiger partial charge in [-0.15, -0.1) is 0 Å². The first kappa shape index (κ1) is 14.1. The zero-order chi connectivity index (χ0) is 14.6. The van der Waals surface area contributed by atoms with E-state index in [-0.39, 0.29) is 17.4 Å². The summed E-state index contributed by atoms with van der Waals surface area (Å²) in [6.45, 7) is -0.162. The maximum Gasteiger partial charge on any atom is 0.416 e. The Morgan fingerprint density at radius 3 is 2.00 bits per heavy atom. The zero-order valence-corrected chi connectivity index (χ0v) is 11.0. The molecule has 1 aliphatic heterocycles. The third-order valence-electron chi connectivity index (χ3n) is 3.42. The molecule has 1 aromatic carbocycles. The molecular weight excluding hydrogens is 299 g/mol. The maximum absolute atomic E-state index is 14.2. The van der Waals surface area contributed by atoms with Crippen LogP contribution >= 0.6 is 11.8 Å². The van der Waals surface area contributed by atoms with E-state index in [0.717, 1.165) is 37.1 Å². The lowest BCUT2D eigenvalue weighted by Crippen LogP contribution is -2.32. The van der Waals surface area contributed by atoms with Crippen LogP contribution in [-0.2, 0) is 16.5 Å². The van der Waals surface area contributed by atoms with E-state index in [2.05, 4.69) is 0 Å². The molecule has 1 saturated carbocycles. The molecule has 110 valence electrons. The Morgan fingerprint density at radius 2 is 1.60 bits per heavy atom. The first-order valence-corrected chi connectivity index (χ1v) is 7.00. The number of epoxide rings is 1. The molecule has 1 heterocycles. The molecule has 0 amide bonds. The van der Waals surface area contributed by atoms with Gasteiger partial charge >= 0.3 is 11.4 Å². The van der Waals surface area contributed by atoms with Crippen LogP contribution in [-0.4, -0.2) is 17.1 Å². The number of thioether (sulfide) groups is 1. The molecule has 0 aromatic heterocycles. The fourth-order valence-corrected chi connectivity index (χ4v) is 3.21. The summed E-state index contributed by atoms with van der Waals surface area (Å²) in [4.78, 5) is 0. The van der Waals surface area contributed by atoms with Crippen molar-refractivity contribution in [1.29, 1.82) is 0 Å². The Kier molecular flexibility index (Phi) is 3.06. The zero-order valence-electron chi connectivity index (χ0n) is 10.2. The molecule has 2 aliphatic rings. The van der Waals surface area contributed by atoms with Gasteiger partial charge in [0.2, 0.25) is 0 Å². The monoisotopic (exact) mass is 310 g/mol. The molecular formula is C13H11F5OS. The minimum atomic E-state index is -4.47. The van der Waals surface area contributed by atoms with Crippen LogP contribution in [0.2, 0.25) is 0 Å². The van der Waals surface area contributed by atoms with E-state index >= 15 is 0 Å². The van der Waals surface area contributed by atoms with Crippen molar-refractivity contribution in [2.75, 3.05) is 6.61 Å². The summed E-state index contributed by atoms with van der Waals surface area (Å²) < 4.78 is 70.7. The highest BCUT2D eigenvalue weighted by atomic mass is 32.2. The number of alkyl halides is 5. The van der Waals surface area contributed by atoms with Crippen molar-refractivity contribution < 1.29 is 26.7 Å². The SMILES string of the molecule is FC(F)(F)c1ccc(C2(C(F)(F)SC3CC3)CO2)cc1. The summed E-state index contributed by atoms with van der Waals surface area (Å²) in [6, 6.07) is 3.79. The van der Waals surface area contributed by atoms with Crippen molar-refractivity contribution in [3.63, 3.8) is 0 Å². The van der Waals surface area contributed by atoms with Gasteiger partial charge in [-0.05, 0) is 30.5 Å². The van der Waals surface area contributed by atoms with Crippen molar-refractivity contribution in [3.8, 4) is 0 Å². The van der Waals surface area contributed by atoms with E-state index in [4.69, 9.17) is 4.74 Å². The smallest absolute Gasteiger partial charge is 0.357 e. The first-order valence-electron chi connectivity index (χ1n) is 6.12. The van der Waals surface area contributed by atoms with Gasteiger partial charge in [-0.1, -0.05) is 23.9 Å². The van der Waals surface area contributed by atoms with E-state index in [9.17, 15) is 22.0 Å². The lowest BCUT2D eigenvalue weighted by atomic mass is 9.99. The molecule has 3 rings (SSSR count). The minimum absolute atomic E-state index is 0.0690. The van der Waals surface area contributed by atoms with E-state index < -0.39 is 22.6 Å². The normalized spacial score (nSPS) is 26.6. The second-order valence-corrected chi connectivity index (χ2v) is 6.44. The number of halogens is 5. The molecule has 0 radical (unpaired) electrons. The summed E-state index contributed by atoms with van der Waals surface area (Å²) >= 11 is 0.561. The van der Waals surface area contributed by atoms with E-state index in [1.165, 1.54) is 0 Å². The Bertz CT molecular complexity index is 502. The fourth-order valence-electron chi connectivity index (χ4n) is 1.99. The van der Waals surface area contributed by atoms with Crippen molar-refractivity contribution in [2.45, 2.75) is 35.1 Å². The van der Waals surface area contributed by atoms with Crippen LogP contribution in [0, 0.1) is 0 Å². The molecule has 0 N–H and O–H groups in total. The third kappa shape index (κ3) is 2.41. The Balaban J connectivity index is 1.84. The molecule has 1 aromatic rings. The lowest BCUT2D eigenvalue weighted by Gasteiger charge is -2.23. The summed E-state index contributed by atoms with van der Waals surface area (Å²) in [6.07, 6.45) is -2.96. The molecule has 0 spiro atoms. The predicted molar refractivity (Wildman–Crippen MR) is 64.6 cm³/mol. The molecule has 20 heavy (non-hydrogen) atoms. The van der Waals surface area contributed by atoms with Crippen LogP contribution in [0.1, 0.15) is 24.0 Å². The first-order chi connectivity index (χ1) is 9.25. The van der Waals surface area contributed by atoms with Crippen LogP contribution in [0.3, 0.4) is 0 Å². The second kappa shape index (κ2) is 4.34. The number of benzene rings is 1. The molecule has 2 fully saturated rings. The highest BCUT2D eigenvalue weighted by molar-refractivity contribution is 8.01. The quantitative estimate of drug-likeness (QED) is 0.603. The van der Waals surface area contributed by atoms with E-state index in [1.54, 1.807) is 0 Å². The molecule has 1 saturated heterocycles. The summed E-state index contributed by atoms with van der Waals surface area (Å²) in [7, 11) is 0. The lowest BCUT2D eigenvalue weighted by molar-refractivity contribution is -0.137. The standard InChI is InChI=1S/C13H11F5OS/c14-12(15,16)9-3-1-8(2-4-9)11(7-19-11)13(17,18)20-10-5-6-10/h1-4,10H,5-7H2. The van der Waals surface area contributed by atoms with Crippen LogP contribution in [0.25, 0.3) is 0 Å². The summed E-state index contributed by atoms with van der Waals surface area (Å²) in [5.41, 5.74) is -2.51. The summed E-state index contributed by atoms with van der Waals surface area (Å²) in [5, 5.41) is -3.19. The van der Waals surface area contributed by atoms with Gasteiger partial charge in [0.1, 0.15) is 0 Å². The van der Waals surface area contributed by atoms with Crippen LogP contribution in [0.4, 0.5) is 22.0 Å². The predicted octanol–water partition coefficient (Wildman–Crippen LogP) is 4.42. The van der Waals surface area contributed by atoms with Crippen molar-refractivity contribution in [1.82, 2.24) is 0 Å². The molecule has 7 heteroatoms. The van der Waals surface area contributed by atoms with Gasteiger partial charge in [0.15, 0.2) is 5.60 Å². The molecule has 1 nitrogen and oxygen atoms in total. The second-order valence-electron chi connectivity index (χ2n) is 5.02. The number of ether oxygens (including phenoxy) is 1. The Labute approximate surface area is 116 Å². The molecule has 1 unspecified atom stereocenters. The topological polar surface area (TPSA) is 12.5 Å². The third-order valence-corrected chi connectivity index (χ3v) is 4.85. The van der Waals surface area contributed by atoms with E-state index in [1.807, 2.05) is 0 Å². The number of hydrogen-bond acceptors (Lipinski definition) is 2. The van der Waals surface area contributed by atoms with Crippen molar-refractivity contribution in [3.05, 3.63) is 35.4 Å². The van der Waals surface area contributed by atoms with E-state index in [0.29, 0.717) is 11.8 Å². The number of rotatable bonds is 4. The maximum atomic E-state index is 14.2. The van der Waals surface area contributed by atoms with Crippen LogP contribution in [0.5, 0.6) is 0 Å². The average molecular weight is 310 g/mol. The highest BCUT2D eigenvalue weighted by Crippen LogP contribution is 2.59. The molecule has 0 bridgehead atoms. The molecule has 1 aliphatic carbocycles. The van der Waals surface area contributed by atoms with Gasteiger partial charge in [0.05, 0.1) is 12.2 Å². The van der Waals surface area contributed by atoms with Crippen LogP contribution in [0.15, 0.2) is 24.3 Å². The van der Waals surface area contributed by atoms with Gasteiger partial charge < -0.3 is 4.74 Å². The van der Waals surface area contributed by atoms with Gasteiger partial charge in [-0.2, -0.15) is 22.0 Å². The average Bonchev–Trinajstić information content (AvgIpc) is 3.22. The fraction of sp³-hybridized carbons (Fsp3) is 0.538. The number of hydrogen-bond donors (Lipinski definition) is 0. The van der Waals surface area contributed by atoms with Gasteiger partial charge in [-0.3, -0.25) is 0 Å². The largest absolute Gasteiger partial charge is 0.416 e.